The molecule has 0 aliphatic carbocycles. The second-order valence-corrected chi connectivity index (χ2v) is 6.38. The van der Waals surface area contributed by atoms with Crippen LogP contribution in [0.15, 0.2) is 79.4 Å². The van der Waals surface area contributed by atoms with E-state index in [2.05, 4.69) is 61.6 Å². The highest BCUT2D eigenvalue weighted by molar-refractivity contribution is 5.56. The minimum absolute atomic E-state index is 0.187. The van der Waals surface area contributed by atoms with Gasteiger partial charge in [-0.1, -0.05) is 0 Å². The van der Waals surface area contributed by atoms with Crippen LogP contribution in [0.3, 0.4) is 0 Å². The predicted molar refractivity (Wildman–Crippen MR) is 131 cm³/mol. The molecule has 2 aromatic heterocycles. The fourth-order valence-electron chi connectivity index (χ4n) is 2.43. The summed E-state index contributed by atoms with van der Waals surface area (Å²) in [5.74, 6) is 16.3. The van der Waals surface area contributed by atoms with E-state index in [1.54, 1.807) is 67.0 Å². The lowest BCUT2D eigenvalue weighted by Gasteiger charge is -2.00. The van der Waals surface area contributed by atoms with Crippen molar-refractivity contribution >= 4 is 0 Å². The second kappa shape index (κ2) is 12.9. The molecule has 35 heavy (non-hydrogen) atoms. The highest BCUT2D eigenvalue weighted by Gasteiger charge is 2.02. The number of terminal acetylenes is 1. The lowest BCUT2D eigenvalue weighted by atomic mass is 10.2. The Hall–Kier alpha value is -5.76. The summed E-state index contributed by atoms with van der Waals surface area (Å²) in [6, 6.07) is 15.1. The van der Waals surface area contributed by atoms with Crippen molar-refractivity contribution in [2.24, 2.45) is 0 Å². The summed E-state index contributed by atoms with van der Waals surface area (Å²) in [5, 5.41) is 18.3. The highest BCUT2D eigenvalue weighted by atomic mass is 16.5. The number of aromatic nitrogens is 4. The zero-order valence-electron chi connectivity index (χ0n) is 18.2. The smallest absolute Gasteiger partial charge is 0.176 e. The van der Waals surface area contributed by atoms with Gasteiger partial charge in [0.2, 0.25) is 0 Å². The van der Waals surface area contributed by atoms with E-state index < -0.39 is 0 Å². The average Bonchev–Trinajstić information content (AvgIpc) is 2.90. The van der Waals surface area contributed by atoms with Gasteiger partial charge in [0.1, 0.15) is 17.6 Å². The zero-order chi connectivity index (χ0) is 24.7. The Balaban J connectivity index is 0.000000223. The third kappa shape index (κ3) is 8.02. The maximum absolute atomic E-state index is 9.23. The fourth-order valence-corrected chi connectivity index (χ4v) is 2.43. The van der Waals surface area contributed by atoms with Crippen LogP contribution in [-0.4, -0.2) is 30.1 Å². The molecule has 2 heterocycles. The molecule has 0 unspecified atom stereocenters. The number of phenolic OH excluding ortho intramolecular Hbond substituents is 2. The van der Waals surface area contributed by atoms with E-state index in [-0.39, 0.29) is 11.5 Å². The van der Waals surface area contributed by atoms with Crippen LogP contribution in [0.25, 0.3) is 22.8 Å². The third-order valence-electron chi connectivity index (χ3n) is 3.99. The molecular formula is C28H16N4O3. The van der Waals surface area contributed by atoms with Gasteiger partial charge in [-0.25, -0.2) is 19.9 Å². The molecule has 4 rings (SSSR count). The zero-order valence-corrected chi connectivity index (χ0v) is 18.2. The minimum atomic E-state index is 0.187. The van der Waals surface area contributed by atoms with Crippen LogP contribution in [0.5, 0.6) is 17.2 Å². The van der Waals surface area contributed by atoms with E-state index in [4.69, 9.17) is 16.3 Å². The first-order valence-electron chi connectivity index (χ1n) is 9.96. The summed E-state index contributed by atoms with van der Waals surface area (Å²) >= 11 is 0. The van der Waals surface area contributed by atoms with Crippen molar-refractivity contribution in [3.8, 4) is 88.1 Å². The Morgan fingerprint density at radius 1 is 0.629 bits per heavy atom. The first-order valence-corrected chi connectivity index (χ1v) is 9.96. The van der Waals surface area contributed by atoms with Crippen molar-refractivity contribution in [1.82, 2.24) is 19.9 Å². The van der Waals surface area contributed by atoms with Gasteiger partial charge in [0.15, 0.2) is 17.4 Å². The minimum Gasteiger partial charge on any atom is -0.508 e. The van der Waals surface area contributed by atoms with Crippen molar-refractivity contribution < 1.29 is 14.9 Å². The average molecular weight is 456 g/mol. The molecule has 166 valence electrons. The van der Waals surface area contributed by atoms with Crippen molar-refractivity contribution in [2.75, 3.05) is 0 Å². The fraction of sp³-hybridized carbons (Fsp3) is 0. The van der Waals surface area contributed by atoms with Crippen molar-refractivity contribution in [1.29, 1.82) is 0 Å². The second-order valence-electron chi connectivity index (χ2n) is 6.38. The molecule has 2 N–H and O–H groups in total. The van der Waals surface area contributed by atoms with Gasteiger partial charge in [0.05, 0.1) is 12.4 Å². The summed E-state index contributed by atoms with van der Waals surface area (Å²) in [5.41, 5.74) is 1.69. The van der Waals surface area contributed by atoms with Gasteiger partial charge >= 0.3 is 0 Å². The van der Waals surface area contributed by atoms with E-state index in [1.165, 1.54) is 12.4 Å². The molecule has 7 nitrogen and oxygen atoms in total. The molecule has 0 fully saturated rings. The van der Waals surface area contributed by atoms with Gasteiger partial charge in [-0.05, 0) is 72.4 Å². The van der Waals surface area contributed by atoms with E-state index >= 15 is 0 Å². The predicted octanol–water partition coefficient (Wildman–Crippen LogP) is 3.68. The first kappa shape index (κ1) is 23.9. The summed E-state index contributed by atoms with van der Waals surface area (Å²) < 4.78 is 5.11. The van der Waals surface area contributed by atoms with E-state index in [9.17, 15) is 5.11 Å². The summed E-state index contributed by atoms with van der Waals surface area (Å²) in [7, 11) is 0. The van der Waals surface area contributed by atoms with Gasteiger partial charge < -0.3 is 14.9 Å². The maximum atomic E-state index is 9.23. The summed E-state index contributed by atoms with van der Waals surface area (Å²) in [6.45, 7) is 0. The molecule has 0 saturated heterocycles. The summed E-state index contributed by atoms with van der Waals surface area (Å²) in [6.07, 6.45) is 13.7. The Labute approximate surface area is 202 Å². The van der Waals surface area contributed by atoms with Crippen molar-refractivity contribution in [3.63, 3.8) is 0 Å². The number of aromatic hydroxyl groups is 2. The van der Waals surface area contributed by atoms with E-state index in [1.807, 2.05) is 0 Å². The first-order chi connectivity index (χ1) is 17.2. The van der Waals surface area contributed by atoms with Crippen LogP contribution in [0.4, 0.5) is 0 Å². The van der Waals surface area contributed by atoms with Gasteiger partial charge in [0.25, 0.3) is 0 Å². The topological polar surface area (TPSA) is 101 Å². The van der Waals surface area contributed by atoms with Gasteiger partial charge in [0, 0.05) is 41.3 Å². The monoisotopic (exact) mass is 456 g/mol. The Morgan fingerprint density at radius 2 is 1.11 bits per heavy atom. The quantitative estimate of drug-likeness (QED) is 0.454. The standard InChI is InChI=1S/C18H8N2O2.C10H8N2O/c1-2-3-4-5-6-7-12-22-17-13-19-18(20-14-17)15-8-10-16(21)11-9-15;13-9-4-2-8(3-5-9)10-11-6-1-7-12-10/h1,8-11,13-14,21H;1-7,13H. The van der Waals surface area contributed by atoms with Crippen molar-refractivity contribution in [2.45, 2.75) is 0 Å². The number of nitrogens with zero attached hydrogens (tertiary/aromatic N) is 4. The maximum Gasteiger partial charge on any atom is 0.176 e. The molecule has 0 spiro atoms. The van der Waals surface area contributed by atoms with E-state index in [0.717, 1.165) is 11.1 Å². The molecular weight excluding hydrogens is 440 g/mol. The molecule has 0 aliphatic heterocycles. The van der Waals surface area contributed by atoms with Crippen LogP contribution in [0.2, 0.25) is 0 Å². The number of ether oxygens (including phenoxy) is 1. The van der Waals surface area contributed by atoms with Gasteiger partial charge in [-0.2, -0.15) is 0 Å². The van der Waals surface area contributed by atoms with Gasteiger partial charge in [-0.3, -0.25) is 0 Å². The van der Waals surface area contributed by atoms with Crippen LogP contribution in [0.1, 0.15) is 0 Å². The van der Waals surface area contributed by atoms with E-state index in [0.29, 0.717) is 17.4 Å². The number of benzene rings is 2. The molecule has 0 saturated carbocycles. The molecule has 0 amide bonds. The molecule has 7 heteroatoms. The highest BCUT2D eigenvalue weighted by Crippen LogP contribution is 2.19. The lowest BCUT2D eigenvalue weighted by molar-refractivity contribution is 0.475. The molecule has 0 atom stereocenters. The number of rotatable bonds is 3. The van der Waals surface area contributed by atoms with Crippen LogP contribution < -0.4 is 4.74 Å². The van der Waals surface area contributed by atoms with Crippen molar-refractivity contribution in [3.05, 3.63) is 79.4 Å². The SMILES string of the molecule is C#CC#CC#CC#COc1cnc(-c2ccc(O)cc2)nc1.Oc1ccc(-c2ncccn2)cc1. The number of phenols is 2. The Morgan fingerprint density at radius 3 is 1.66 bits per heavy atom. The molecule has 0 bridgehead atoms. The van der Waals surface area contributed by atoms with Crippen LogP contribution >= 0.6 is 0 Å². The number of hydrogen-bond donors (Lipinski definition) is 2. The molecule has 0 aliphatic rings. The molecule has 0 radical (unpaired) electrons. The van der Waals surface area contributed by atoms with Crippen LogP contribution in [-0.2, 0) is 0 Å². The van der Waals surface area contributed by atoms with Gasteiger partial charge in [-0.15, -0.1) is 6.42 Å². The number of hydrogen-bond acceptors (Lipinski definition) is 7. The largest absolute Gasteiger partial charge is 0.508 e. The molecule has 4 aromatic rings. The normalized spacial score (nSPS) is 8.66. The lowest BCUT2D eigenvalue weighted by Crippen LogP contribution is -1.90. The molecule has 2 aromatic carbocycles. The van der Waals surface area contributed by atoms with Crippen LogP contribution in [0, 0.1) is 48.1 Å². The third-order valence-corrected chi connectivity index (χ3v) is 3.99. The summed E-state index contributed by atoms with van der Waals surface area (Å²) in [4.78, 5) is 16.5. The Kier molecular flexibility index (Phi) is 8.83. The Bertz CT molecular complexity index is 1480.